The maximum absolute atomic E-state index is 12.7. The van der Waals surface area contributed by atoms with E-state index in [0.717, 1.165) is 32.7 Å². The average molecular weight is 381 g/mol. The summed E-state index contributed by atoms with van der Waals surface area (Å²) in [5, 5.41) is 9.51. The number of pyridine rings is 1. The Bertz CT molecular complexity index is 1310. The largest absolute Gasteiger partial charge is 0.298 e. The van der Waals surface area contributed by atoms with Gasteiger partial charge in [0, 0.05) is 34.9 Å². The van der Waals surface area contributed by atoms with Crippen LogP contribution in [-0.2, 0) is 0 Å². The minimum absolute atomic E-state index is 0.149. The molecule has 3 aromatic carbocycles. The van der Waals surface area contributed by atoms with E-state index in [1.54, 1.807) is 6.20 Å². The van der Waals surface area contributed by atoms with Gasteiger partial charge in [-0.2, -0.15) is 0 Å². The van der Waals surface area contributed by atoms with Gasteiger partial charge in [0.2, 0.25) is 0 Å². The number of amides is 1. The zero-order valence-electron chi connectivity index (χ0n) is 14.8. The Kier molecular flexibility index (Phi) is 4.07. The number of nitrogens with zero attached hydrogens (tertiary/aromatic N) is 2. The van der Waals surface area contributed by atoms with Gasteiger partial charge in [0.05, 0.1) is 0 Å². The van der Waals surface area contributed by atoms with Gasteiger partial charge in [-0.3, -0.25) is 15.1 Å². The fraction of sp³-hybridized carbons (Fsp3) is 0. The SMILES string of the molecule is O=C(Nc1nccs1)c1cccc2cc(-c3cccc4cnccc34)ccc12. The Morgan fingerprint density at radius 1 is 0.893 bits per heavy atom. The van der Waals surface area contributed by atoms with Crippen molar-refractivity contribution < 1.29 is 4.79 Å². The molecule has 2 aromatic heterocycles. The summed E-state index contributed by atoms with van der Waals surface area (Å²) in [4.78, 5) is 21.0. The number of rotatable bonds is 3. The second-order valence-corrected chi connectivity index (χ2v) is 7.33. The standard InChI is InChI=1S/C23H15N3OS/c27-22(26-23-25-11-12-28-23)21-6-1-3-15-13-16(7-8-19(15)21)18-5-2-4-17-14-24-10-9-20(17)18/h1-14H,(H,25,26,27). The molecule has 0 spiro atoms. The second-order valence-electron chi connectivity index (χ2n) is 6.44. The van der Waals surface area contributed by atoms with E-state index in [1.165, 1.54) is 11.3 Å². The Morgan fingerprint density at radius 2 is 1.79 bits per heavy atom. The number of hydrogen-bond donors (Lipinski definition) is 1. The summed E-state index contributed by atoms with van der Waals surface area (Å²) < 4.78 is 0. The van der Waals surface area contributed by atoms with Gasteiger partial charge < -0.3 is 0 Å². The monoisotopic (exact) mass is 381 g/mol. The highest BCUT2D eigenvalue weighted by molar-refractivity contribution is 7.13. The number of nitrogens with one attached hydrogen (secondary N) is 1. The van der Waals surface area contributed by atoms with Crippen LogP contribution >= 0.6 is 11.3 Å². The van der Waals surface area contributed by atoms with Gasteiger partial charge in [-0.25, -0.2) is 4.98 Å². The van der Waals surface area contributed by atoms with Crippen LogP contribution in [0.3, 0.4) is 0 Å². The lowest BCUT2D eigenvalue weighted by Crippen LogP contribution is -2.12. The molecule has 134 valence electrons. The predicted octanol–water partition coefficient (Wildman–Crippen LogP) is 5.76. The lowest BCUT2D eigenvalue weighted by molar-refractivity contribution is 0.102. The van der Waals surface area contributed by atoms with E-state index >= 15 is 0 Å². The van der Waals surface area contributed by atoms with Crippen LogP contribution in [0.25, 0.3) is 32.7 Å². The molecule has 0 radical (unpaired) electrons. The summed E-state index contributed by atoms with van der Waals surface area (Å²) >= 11 is 1.40. The first kappa shape index (κ1) is 16.6. The van der Waals surface area contributed by atoms with Crippen LogP contribution in [0.4, 0.5) is 5.13 Å². The minimum atomic E-state index is -0.149. The number of anilines is 1. The van der Waals surface area contributed by atoms with E-state index in [-0.39, 0.29) is 5.91 Å². The molecule has 0 unspecified atom stereocenters. The number of fused-ring (bicyclic) bond motifs is 2. The maximum Gasteiger partial charge on any atom is 0.258 e. The molecule has 5 aromatic rings. The third-order valence-corrected chi connectivity index (χ3v) is 5.46. The lowest BCUT2D eigenvalue weighted by atomic mass is 9.95. The van der Waals surface area contributed by atoms with E-state index in [2.05, 4.69) is 39.6 Å². The zero-order chi connectivity index (χ0) is 18.9. The summed E-state index contributed by atoms with van der Waals surface area (Å²) in [6.45, 7) is 0. The van der Waals surface area contributed by atoms with E-state index < -0.39 is 0 Å². The Morgan fingerprint density at radius 3 is 2.68 bits per heavy atom. The molecular formula is C23H15N3OS. The number of benzene rings is 3. The number of thiazole rings is 1. The summed E-state index contributed by atoms with van der Waals surface area (Å²) in [7, 11) is 0. The van der Waals surface area contributed by atoms with E-state index in [9.17, 15) is 4.79 Å². The van der Waals surface area contributed by atoms with E-state index in [1.807, 2.05) is 54.2 Å². The van der Waals surface area contributed by atoms with Crippen molar-refractivity contribution in [3.05, 3.63) is 90.2 Å². The third-order valence-electron chi connectivity index (χ3n) is 4.77. The Hall–Kier alpha value is -3.57. The smallest absolute Gasteiger partial charge is 0.258 e. The van der Waals surface area contributed by atoms with Gasteiger partial charge in [0.25, 0.3) is 5.91 Å². The van der Waals surface area contributed by atoms with Crippen LogP contribution in [0.1, 0.15) is 10.4 Å². The van der Waals surface area contributed by atoms with Gasteiger partial charge in [-0.05, 0) is 45.5 Å². The molecule has 0 saturated carbocycles. The molecule has 5 heteroatoms. The summed E-state index contributed by atoms with van der Waals surface area (Å²) in [6, 6.07) is 20.3. The van der Waals surface area contributed by atoms with Crippen LogP contribution in [0.5, 0.6) is 0 Å². The molecule has 5 rings (SSSR count). The van der Waals surface area contributed by atoms with Gasteiger partial charge in [0.15, 0.2) is 5.13 Å². The molecule has 0 bridgehead atoms. The van der Waals surface area contributed by atoms with Crippen LogP contribution in [0.15, 0.2) is 84.6 Å². The highest BCUT2D eigenvalue weighted by Gasteiger charge is 2.12. The van der Waals surface area contributed by atoms with Gasteiger partial charge in [-0.1, -0.05) is 42.5 Å². The zero-order valence-corrected chi connectivity index (χ0v) is 15.6. The quantitative estimate of drug-likeness (QED) is 0.432. The molecular weight excluding hydrogens is 366 g/mol. The van der Waals surface area contributed by atoms with Crippen molar-refractivity contribution in [1.82, 2.24) is 9.97 Å². The molecule has 1 N–H and O–H groups in total. The van der Waals surface area contributed by atoms with Crippen molar-refractivity contribution in [2.75, 3.05) is 5.32 Å². The molecule has 0 aliphatic rings. The molecule has 0 saturated heterocycles. The summed E-state index contributed by atoms with van der Waals surface area (Å²) in [5.74, 6) is -0.149. The van der Waals surface area contributed by atoms with Crippen molar-refractivity contribution >= 4 is 43.9 Å². The fourth-order valence-electron chi connectivity index (χ4n) is 3.47. The Balaban J connectivity index is 1.60. The van der Waals surface area contributed by atoms with Crippen molar-refractivity contribution in [3.8, 4) is 11.1 Å². The van der Waals surface area contributed by atoms with Crippen LogP contribution in [0, 0.1) is 0 Å². The van der Waals surface area contributed by atoms with Crippen molar-refractivity contribution in [1.29, 1.82) is 0 Å². The number of aromatic nitrogens is 2. The highest BCUT2D eigenvalue weighted by Crippen LogP contribution is 2.31. The molecule has 0 fully saturated rings. The van der Waals surface area contributed by atoms with E-state index in [4.69, 9.17) is 0 Å². The maximum atomic E-state index is 12.7. The van der Waals surface area contributed by atoms with Crippen molar-refractivity contribution in [2.24, 2.45) is 0 Å². The Labute approximate surface area is 165 Å². The van der Waals surface area contributed by atoms with Crippen molar-refractivity contribution in [3.63, 3.8) is 0 Å². The minimum Gasteiger partial charge on any atom is -0.298 e. The molecule has 4 nitrogen and oxygen atoms in total. The molecule has 2 heterocycles. The van der Waals surface area contributed by atoms with Crippen molar-refractivity contribution in [2.45, 2.75) is 0 Å². The van der Waals surface area contributed by atoms with Crippen LogP contribution < -0.4 is 5.32 Å². The molecule has 0 aliphatic carbocycles. The summed E-state index contributed by atoms with van der Waals surface area (Å²) in [6.07, 6.45) is 5.37. The predicted molar refractivity (Wildman–Crippen MR) is 115 cm³/mol. The summed E-state index contributed by atoms with van der Waals surface area (Å²) in [5.41, 5.74) is 2.91. The first-order valence-electron chi connectivity index (χ1n) is 8.86. The van der Waals surface area contributed by atoms with Gasteiger partial charge in [-0.15, -0.1) is 11.3 Å². The average Bonchev–Trinajstić information content (AvgIpc) is 3.25. The number of hydrogen-bond acceptors (Lipinski definition) is 4. The van der Waals surface area contributed by atoms with Crippen LogP contribution in [-0.4, -0.2) is 15.9 Å². The third kappa shape index (κ3) is 2.92. The molecule has 0 aliphatic heterocycles. The van der Waals surface area contributed by atoms with E-state index in [0.29, 0.717) is 10.7 Å². The number of carbonyl (C=O) groups is 1. The fourth-order valence-corrected chi connectivity index (χ4v) is 4.00. The first-order valence-corrected chi connectivity index (χ1v) is 9.74. The van der Waals surface area contributed by atoms with Crippen LogP contribution in [0.2, 0.25) is 0 Å². The normalized spacial score (nSPS) is 11.0. The van der Waals surface area contributed by atoms with Gasteiger partial charge >= 0.3 is 0 Å². The lowest BCUT2D eigenvalue weighted by Gasteiger charge is -2.10. The first-order chi connectivity index (χ1) is 13.8. The topological polar surface area (TPSA) is 54.9 Å². The number of carbonyl (C=O) groups excluding carboxylic acids is 1. The molecule has 28 heavy (non-hydrogen) atoms. The molecule has 1 amide bonds. The second kappa shape index (κ2) is 6.87. The molecule has 0 atom stereocenters. The highest BCUT2D eigenvalue weighted by atomic mass is 32.1. The van der Waals surface area contributed by atoms with Gasteiger partial charge in [0.1, 0.15) is 0 Å².